The maximum absolute atomic E-state index is 12.5. The van der Waals surface area contributed by atoms with Gasteiger partial charge in [-0.15, -0.1) is 0 Å². The average Bonchev–Trinajstić information content (AvgIpc) is 2.93. The van der Waals surface area contributed by atoms with Crippen LogP contribution in [0.1, 0.15) is 27.0 Å². The van der Waals surface area contributed by atoms with Gasteiger partial charge in [-0.1, -0.05) is 24.3 Å². The van der Waals surface area contributed by atoms with Gasteiger partial charge in [0.1, 0.15) is 5.75 Å². The molecule has 0 aliphatic carbocycles. The summed E-state index contributed by atoms with van der Waals surface area (Å²) < 4.78 is 10.6. The van der Waals surface area contributed by atoms with Crippen LogP contribution in [0.25, 0.3) is 0 Å². The summed E-state index contributed by atoms with van der Waals surface area (Å²) in [6.45, 7) is 1.22. The first-order valence-corrected chi connectivity index (χ1v) is 6.17. The largest absolute Gasteiger partial charge is 0.496 e. The van der Waals surface area contributed by atoms with E-state index in [1.54, 1.807) is 19.2 Å². The van der Waals surface area contributed by atoms with Crippen LogP contribution in [0.15, 0.2) is 42.5 Å². The van der Waals surface area contributed by atoms with Gasteiger partial charge in [0.2, 0.25) is 0 Å². The smallest absolute Gasteiger partial charge is 0.196 e. The highest BCUT2D eigenvalue weighted by Gasteiger charge is 2.17. The normalized spacial score (nSPS) is 13.1. The maximum atomic E-state index is 12.5. The van der Waals surface area contributed by atoms with Crippen LogP contribution >= 0.6 is 0 Å². The van der Waals surface area contributed by atoms with E-state index in [0.717, 1.165) is 11.1 Å². The van der Waals surface area contributed by atoms with E-state index in [1.807, 2.05) is 30.3 Å². The average molecular weight is 254 g/mol. The molecule has 0 fully saturated rings. The Morgan fingerprint density at radius 1 is 1.11 bits per heavy atom. The first-order valence-electron chi connectivity index (χ1n) is 6.17. The molecular weight excluding hydrogens is 240 g/mol. The lowest BCUT2D eigenvalue weighted by Crippen LogP contribution is -2.04. The molecule has 0 amide bonds. The summed E-state index contributed by atoms with van der Waals surface area (Å²) in [6.07, 6.45) is 0. The number of benzene rings is 2. The van der Waals surface area contributed by atoms with Gasteiger partial charge < -0.3 is 9.47 Å². The lowest BCUT2D eigenvalue weighted by atomic mass is 9.99. The second-order valence-corrected chi connectivity index (χ2v) is 4.51. The molecule has 0 aromatic heterocycles. The van der Waals surface area contributed by atoms with Gasteiger partial charge in [-0.2, -0.15) is 0 Å². The van der Waals surface area contributed by atoms with Crippen molar-refractivity contribution in [2.75, 3.05) is 7.11 Å². The fourth-order valence-electron chi connectivity index (χ4n) is 2.30. The molecule has 0 radical (unpaired) electrons. The van der Waals surface area contributed by atoms with Crippen molar-refractivity contribution in [1.82, 2.24) is 0 Å². The zero-order chi connectivity index (χ0) is 13.2. The van der Waals surface area contributed by atoms with Crippen LogP contribution in [-0.4, -0.2) is 12.9 Å². The SMILES string of the molecule is COc1ccccc1C(=O)c1ccc2c(c1)COC2. The molecule has 0 atom stereocenters. The third-order valence-electron chi connectivity index (χ3n) is 3.34. The van der Waals surface area contributed by atoms with Gasteiger partial charge in [-0.25, -0.2) is 0 Å². The second-order valence-electron chi connectivity index (χ2n) is 4.51. The minimum absolute atomic E-state index is 0.0212. The van der Waals surface area contributed by atoms with Crippen LogP contribution in [0.3, 0.4) is 0 Å². The van der Waals surface area contributed by atoms with Gasteiger partial charge >= 0.3 is 0 Å². The number of para-hydroxylation sites is 1. The first kappa shape index (κ1) is 11.9. The van der Waals surface area contributed by atoms with Crippen LogP contribution in [0.4, 0.5) is 0 Å². The molecule has 0 spiro atoms. The monoisotopic (exact) mass is 254 g/mol. The van der Waals surface area contributed by atoms with Crippen molar-refractivity contribution < 1.29 is 14.3 Å². The summed E-state index contributed by atoms with van der Waals surface area (Å²) >= 11 is 0. The summed E-state index contributed by atoms with van der Waals surface area (Å²) in [5, 5.41) is 0. The summed E-state index contributed by atoms with van der Waals surface area (Å²) in [5.41, 5.74) is 3.52. The molecule has 19 heavy (non-hydrogen) atoms. The maximum Gasteiger partial charge on any atom is 0.196 e. The standard InChI is InChI=1S/C16H14O3/c1-18-15-5-3-2-4-14(15)16(17)11-6-7-12-9-19-10-13(12)8-11/h2-8H,9-10H2,1H3. The quantitative estimate of drug-likeness (QED) is 0.790. The molecule has 3 nitrogen and oxygen atoms in total. The predicted molar refractivity (Wildman–Crippen MR) is 71.4 cm³/mol. The van der Waals surface area contributed by atoms with Crippen LogP contribution in [-0.2, 0) is 18.0 Å². The van der Waals surface area contributed by atoms with Crippen molar-refractivity contribution >= 4 is 5.78 Å². The zero-order valence-electron chi connectivity index (χ0n) is 10.7. The highest BCUT2D eigenvalue weighted by Crippen LogP contribution is 2.25. The van der Waals surface area contributed by atoms with Crippen molar-refractivity contribution in [3.05, 3.63) is 64.7 Å². The number of rotatable bonds is 3. The van der Waals surface area contributed by atoms with E-state index >= 15 is 0 Å². The van der Waals surface area contributed by atoms with Crippen LogP contribution in [0.5, 0.6) is 5.75 Å². The Bertz CT molecular complexity index is 632. The fraction of sp³-hybridized carbons (Fsp3) is 0.188. The molecule has 0 bridgehead atoms. The summed E-state index contributed by atoms with van der Waals surface area (Å²) in [4.78, 5) is 12.5. The molecule has 2 aromatic rings. The highest BCUT2D eigenvalue weighted by atomic mass is 16.5. The molecule has 3 heteroatoms. The number of methoxy groups -OCH3 is 1. The number of carbonyl (C=O) groups excluding carboxylic acids is 1. The van der Waals surface area contributed by atoms with E-state index in [0.29, 0.717) is 30.1 Å². The van der Waals surface area contributed by atoms with Crippen LogP contribution in [0, 0.1) is 0 Å². The summed E-state index contributed by atoms with van der Waals surface area (Å²) in [6, 6.07) is 13.0. The minimum atomic E-state index is -0.0212. The molecule has 1 aliphatic rings. The molecular formula is C16H14O3. The molecule has 1 heterocycles. The van der Waals surface area contributed by atoms with E-state index in [9.17, 15) is 4.79 Å². The molecule has 0 unspecified atom stereocenters. The Labute approximate surface area is 111 Å². The lowest BCUT2D eigenvalue weighted by molar-refractivity contribution is 0.103. The Morgan fingerprint density at radius 2 is 1.89 bits per heavy atom. The van der Waals surface area contributed by atoms with Crippen molar-refractivity contribution in [3.63, 3.8) is 0 Å². The number of hydrogen-bond acceptors (Lipinski definition) is 3. The van der Waals surface area contributed by atoms with E-state index in [1.165, 1.54) is 0 Å². The Kier molecular flexibility index (Phi) is 3.05. The van der Waals surface area contributed by atoms with Crippen LogP contribution in [0.2, 0.25) is 0 Å². The molecule has 2 aromatic carbocycles. The van der Waals surface area contributed by atoms with Gasteiger partial charge in [-0.05, 0) is 29.3 Å². The van der Waals surface area contributed by atoms with Crippen LogP contribution < -0.4 is 4.74 Å². The van der Waals surface area contributed by atoms with E-state index in [-0.39, 0.29) is 5.78 Å². The molecule has 96 valence electrons. The van der Waals surface area contributed by atoms with Gasteiger partial charge in [0, 0.05) is 5.56 Å². The number of ether oxygens (including phenoxy) is 2. The third kappa shape index (κ3) is 2.13. The minimum Gasteiger partial charge on any atom is -0.496 e. The van der Waals surface area contributed by atoms with E-state index < -0.39 is 0 Å². The summed E-state index contributed by atoms with van der Waals surface area (Å²) in [5.74, 6) is 0.580. The Balaban J connectivity index is 2.00. The number of ketones is 1. The van der Waals surface area contributed by atoms with Crippen molar-refractivity contribution in [1.29, 1.82) is 0 Å². The third-order valence-corrected chi connectivity index (χ3v) is 3.34. The van der Waals surface area contributed by atoms with E-state index in [2.05, 4.69) is 0 Å². The van der Waals surface area contributed by atoms with Gasteiger partial charge in [0.15, 0.2) is 5.78 Å². The molecule has 0 saturated carbocycles. The zero-order valence-corrected chi connectivity index (χ0v) is 10.7. The first-order chi connectivity index (χ1) is 9.29. The highest BCUT2D eigenvalue weighted by molar-refractivity contribution is 6.10. The topological polar surface area (TPSA) is 35.5 Å². The Hall–Kier alpha value is -2.13. The Morgan fingerprint density at radius 3 is 2.74 bits per heavy atom. The van der Waals surface area contributed by atoms with Crippen molar-refractivity contribution in [2.45, 2.75) is 13.2 Å². The lowest BCUT2D eigenvalue weighted by Gasteiger charge is -2.08. The number of carbonyl (C=O) groups is 1. The summed E-state index contributed by atoms with van der Waals surface area (Å²) in [7, 11) is 1.57. The van der Waals surface area contributed by atoms with Crippen molar-refractivity contribution in [2.24, 2.45) is 0 Å². The number of fused-ring (bicyclic) bond motifs is 1. The predicted octanol–water partition coefficient (Wildman–Crippen LogP) is 2.96. The second kappa shape index (κ2) is 4.86. The van der Waals surface area contributed by atoms with Gasteiger partial charge in [-0.3, -0.25) is 4.79 Å². The fourth-order valence-corrected chi connectivity index (χ4v) is 2.30. The van der Waals surface area contributed by atoms with Gasteiger partial charge in [0.25, 0.3) is 0 Å². The molecule has 0 saturated heterocycles. The molecule has 1 aliphatic heterocycles. The van der Waals surface area contributed by atoms with E-state index in [4.69, 9.17) is 9.47 Å². The van der Waals surface area contributed by atoms with Gasteiger partial charge in [0.05, 0.1) is 25.9 Å². The van der Waals surface area contributed by atoms with Crippen molar-refractivity contribution in [3.8, 4) is 5.75 Å². The molecule has 3 rings (SSSR count). The number of hydrogen-bond donors (Lipinski definition) is 0. The molecule has 0 N–H and O–H groups in total.